The largest absolute Gasteiger partial charge is 0.348 e. The lowest BCUT2D eigenvalue weighted by molar-refractivity contribution is -0.0190. The summed E-state index contributed by atoms with van der Waals surface area (Å²) >= 11 is 0. The summed E-state index contributed by atoms with van der Waals surface area (Å²) in [7, 11) is 0. The van der Waals surface area contributed by atoms with E-state index >= 15 is 0 Å². The summed E-state index contributed by atoms with van der Waals surface area (Å²) in [6.45, 7) is 4.64. The molecule has 1 radical (unpaired) electrons. The summed E-state index contributed by atoms with van der Waals surface area (Å²) in [6, 6.07) is 0. The Kier molecular flexibility index (Phi) is 1.86. The Balaban J connectivity index is 1.85. The fourth-order valence-corrected chi connectivity index (χ4v) is 1.31. The average molecular weight is 142 g/mol. The molecule has 0 saturated carbocycles. The number of ether oxygens (including phenoxy) is 1. The minimum atomic E-state index is 0.145. The number of hydrogen-bond acceptors (Lipinski definition) is 3. The van der Waals surface area contributed by atoms with Crippen molar-refractivity contribution in [1.82, 2.24) is 15.5 Å². The van der Waals surface area contributed by atoms with Gasteiger partial charge in [-0.05, 0) is 0 Å². The summed E-state index contributed by atoms with van der Waals surface area (Å²) in [5.41, 5.74) is 0. The Bertz CT molecular complexity index is 93.6. The van der Waals surface area contributed by atoms with Gasteiger partial charge in [0.1, 0.15) is 0 Å². The Labute approximate surface area is 60.5 Å². The molecule has 1 N–H and O–H groups in total. The van der Waals surface area contributed by atoms with Crippen LogP contribution in [0.5, 0.6) is 0 Å². The minimum absolute atomic E-state index is 0.145. The third-order valence-corrected chi connectivity index (χ3v) is 1.86. The Hall–Kier alpha value is -0.160. The van der Waals surface area contributed by atoms with Crippen molar-refractivity contribution in [1.29, 1.82) is 0 Å². The van der Waals surface area contributed by atoms with Crippen LogP contribution in [0.25, 0.3) is 0 Å². The normalized spacial score (nSPS) is 35.4. The highest BCUT2D eigenvalue weighted by Gasteiger charge is 2.24. The van der Waals surface area contributed by atoms with Crippen molar-refractivity contribution >= 4 is 0 Å². The first-order valence-electron chi connectivity index (χ1n) is 3.69. The van der Waals surface area contributed by atoms with Gasteiger partial charge in [0.15, 0.2) is 6.35 Å². The molecule has 2 aliphatic heterocycles. The van der Waals surface area contributed by atoms with Crippen molar-refractivity contribution in [2.24, 2.45) is 0 Å². The lowest BCUT2D eigenvalue weighted by Crippen LogP contribution is -2.41. The molecular weight excluding hydrogens is 130 g/mol. The first kappa shape index (κ1) is 6.54. The van der Waals surface area contributed by atoms with Gasteiger partial charge in [-0.3, -0.25) is 5.32 Å². The summed E-state index contributed by atoms with van der Waals surface area (Å²) in [6.07, 6.45) is 0.145. The van der Waals surface area contributed by atoms with Crippen molar-refractivity contribution in [2.75, 3.05) is 32.9 Å². The maximum atomic E-state index is 5.39. The van der Waals surface area contributed by atoms with E-state index < -0.39 is 0 Å². The Morgan fingerprint density at radius 2 is 2.60 bits per heavy atom. The van der Waals surface area contributed by atoms with E-state index in [-0.39, 0.29) is 6.35 Å². The molecule has 1 unspecified atom stereocenters. The van der Waals surface area contributed by atoms with Crippen LogP contribution in [-0.2, 0) is 4.74 Å². The lowest BCUT2D eigenvalue weighted by atomic mass is 10.6. The van der Waals surface area contributed by atoms with Crippen LogP contribution >= 0.6 is 0 Å². The van der Waals surface area contributed by atoms with E-state index in [1.165, 1.54) is 0 Å². The van der Waals surface area contributed by atoms with E-state index in [4.69, 9.17) is 4.74 Å². The first-order valence-corrected chi connectivity index (χ1v) is 3.69. The van der Waals surface area contributed by atoms with Gasteiger partial charge in [-0.15, -0.1) is 0 Å². The molecule has 0 spiro atoms. The molecule has 2 fully saturated rings. The molecule has 10 heavy (non-hydrogen) atoms. The first-order chi connectivity index (χ1) is 4.97. The molecule has 2 saturated heterocycles. The highest BCUT2D eigenvalue weighted by atomic mass is 16.5. The van der Waals surface area contributed by atoms with Crippen LogP contribution in [0.4, 0.5) is 0 Å². The van der Waals surface area contributed by atoms with Crippen LogP contribution in [-0.4, -0.2) is 44.2 Å². The molecule has 57 valence electrons. The molecule has 4 heteroatoms. The molecule has 0 aromatic rings. The van der Waals surface area contributed by atoms with Crippen molar-refractivity contribution in [3.8, 4) is 0 Å². The zero-order valence-electron chi connectivity index (χ0n) is 5.92. The summed E-state index contributed by atoms with van der Waals surface area (Å²) in [4.78, 5) is 2.20. The van der Waals surface area contributed by atoms with Crippen LogP contribution in [0.3, 0.4) is 0 Å². The molecule has 0 aliphatic carbocycles. The smallest absolute Gasteiger partial charge is 0.167 e. The van der Waals surface area contributed by atoms with E-state index in [0.29, 0.717) is 0 Å². The second kappa shape index (κ2) is 2.84. The molecule has 0 aromatic heterocycles. The van der Waals surface area contributed by atoms with Crippen LogP contribution in [0, 0.1) is 0 Å². The maximum Gasteiger partial charge on any atom is 0.167 e. The lowest BCUT2D eigenvalue weighted by Gasteiger charge is -2.20. The standard InChI is InChI=1S/C6H12N3O/c1-3-9(5-7-1)6-8-2-4-10-6/h6,8H,1-5H2. The monoisotopic (exact) mass is 142 g/mol. The molecule has 0 amide bonds. The Morgan fingerprint density at radius 1 is 1.60 bits per heavy atom. The minimum Gasteiger partial charge on any atom is -0.348 e. The van der Waals surface area contributed by atoms with Crippen molar-refractivity contribution < 1.29 is 4.74 Å². The predicted molar refractivity (Wildman–Crippen MR) is 36.3 cm³/mol. The van der Waals surface area contributed by atoms with Gasteiger partial charge in [-0.1, -0.05) is 0 Å². The van der Waals surface area contributed by atoms with E-state index in [9.17, 15) is 0 Å². The number of rotatable bonds is 1. The molecule has 0 bridgehead atoms. The fraction of sp³-hybridized carbons (Fsp3) is 1.00. The van der Waals surface area contributed by atoms with Gasteiger partial charge in [0.05, 0.1) is 13.3 Å². The summed E-state index contributed by atoms with van der Waals surface area (Å²) in [5.74, 6) is 0. The van der Waals surface area contributed by atoms with Crippen LogP contribution in [0.15, 0.2) is 0 Å². The van der Waals surface area contributed by atoms with E-state index in [1.807, 2.05) is 0 Å². The molecule has 2 rings (SSSR count). The predicted octanol–water partition coefficient (Wildman–Crippen LogP) is -1.23. The van der Waals surface area contributed by atoms with E-state index in [2.05, 4.69) is 15.5 Å². The van der Waals surface area contributed by atoms with Crippen molar-refractivity contribution in [2.45, 2.75) is 6.35 Å². The molecular formula is C6H12N3O. The van der Waals surface area contributed by atoms with E-state index in [0.717, 1.165) is 32.9 Å². The second-order valence-electron chi connectivity index (χ2n) is 2.58. The van der Waals surface area contributed by atoms with Crippen molar-refractivity contribution in [3.05, 3.63) is 0 Å². The number of nitrogens with zero attached hydrogens (tertiary/aromatic N) is 2. The summed E-state index contributed by atoms with van der Waals surface area (Å²) < 4.78 is 5.39. The fourth-order valence-electron chi connectivity index (χ4n) is 1.31. The van der Waals surface area contributed by atoms with Crippen LogP contribution in [0.2, 0.25) is 0 Å². The second-order valence-corrected chi connectivity index (χ2v) is 2.58. The topological polar surface area (TPSA) is 38.6 Å². The third kappa shape index (κ3) is 1.15. The average Bonchev–Trinajstić information content (AvgIpc) is 2.59. The third-order valence-electron chi connectivity index (χ3n) is 1.86. The van der Waals surface area contributed by atoms with Gasteiger partial charge in [0, 0.05) is 19.6 Å². The molecule has 2 heterocycles. The summed E-state index contributed by atoms with van der Waals surface area (Å²) in [5, 5.41) is 7.46. The Morgan fingerprint density at radius 3 is 3.20 bits per heavy atom. The molecule has 2 aliphatic rings. The highest BCUT2D eigenvalue weighted by Crippen LogP contribution is 2.04. The molecule has 4 nitrogen and oxygen atoms in total. The van der Waals surface area contributed by atoms with Gasteiger partial charge in [0.2, 0.25) is 0 Å². The van der Waals surface area contributed by atoms with Gasteiger partial charge >= 0.3 is 0 Å². The van der Waals surface area contributed by atoms with Crippen LogP contribution < -0.4 is 10.6 Å². The maximum absolute atomic E-state index is 5.39. The number of nitrogens with one attached hydrogen (secondary N) is 1. The van der Waals surface area contributed by atoms with Gasteiger partial charge in [-0.2, -0.15) is 0 Å². The number of hydrogen-bond donors (Lipinski definition) is 1. The zero-order valence-corrected chi connectivity index (χ0v) is 5.92. The van der Waals surface area contributed by atoms with Gasteiger partial charge < -0.3 is 4.74 Å². The van der Waals surface area contributed by atoms with Gasteiger partial charge in [-0.25, -0.2) is 10.2 Å². The highest BCUT2D eigenvalue weighted by molar-refractivity contribution is 4.71. The zero-order chi connectivity index (χ0) is 6.81. The SMILES string of the molecule is C1CN(C2NCCO2)C[N]1. The van der Waals surface area contributed by atoms with Crippen molar-refractivity contribution in [3.63, 3.8) is 0 Å². The molecule has 1 atom stereocenters. The van der Waals surface area contributed by atoms with E-state index in [1.54, 1.807) is 0 Å². The quantitative estimate of drug-likeness (QED) is 0.498. The van der Waals surface area contributed by atoms with Gasteiger partial charge in [0.25, 0.3) is 0 Å². The van der Waals surface area contributed by atoms with Crippen LogP contribution in [0.1, 0.15) is 0 Å². The molecule has 0 aromatic carbocycles.